The summed E-state index contributed by atoms with van der Waals surface area (Å²) in [6, 6.07) is 3.45. The van der Waals surface area contributed by atoms with Gasteiger partial charge in [0, 0.05) is 18.3 Å². The molecule has 1 aromatic heterocycles. The van der Waals surface area contributed by atoms with Gasteiger partial charge >= 0.3 is 5.97 Å². The van der Waals surface area contributed by atoms with Gasteiger partial charge < -0.3 is 10.1 Å². The number of esters is 1. The Hall–Kier alpha value is -2.55. The maximum atomic E-state index is 12.4. The quantitative estimate of drug-likeness (QED) is 0.386. The molecule has 1 saturated heterocycles. The molecule has 2 heterocycles. The number of imide groups is 1. The van der Waals surface area contributed by atoms with Crippen LogP contribution in [0.5, 0.6) is 0 Å². The number of nitrogens with zero attached hydrogens (tertiary/aromatic N) is 1. The highest BCUT2D eigenvalue weighted by molar-refractivity contribution is 7.14. The van der Waals surface area contributed by atoms with Crippen molar-refractivity contribution in [3.8, 4) is 0 Å². The Labute approximate surface area is 172 Å². The first-order valence-corrected chi connectivity index (χ1v) is 10.6. The third-order valence-corrected chi connectivity index (χ3v) is 6.45. The van der Waals surface area contributed by atoms with Gasteiger partial charge in [0.15, 0.2) is 6.61 Å². The van der Waals surface area contributed by atoms with E-state index in [1.807, 2.05) is 0 Å². The first-order chi connectivity index (χ1) is 13.9. The molecule has 2 atom stereocenters. The molecule has 0 spiro atoms. The Morgan fingerprint density at radius 2 is 1.79 bits per heavy atom. The van der Waals surface area contributed by atoms with Crippen LogP contribution in [0.1, 0.15) is 47.2 Å². The van der Waals surface area contributed by atoms with E-state index in [1.54, 1.807) is 12.1 Å². The zero-order valence-corrected chi connectivity index (χ0v) is 17.1. The Bertz CT molecular complexity index is 809. The fourth-order valence-corrected chi connectivity index (χ4v) is 4.73. The van der Waals surface area contributed by atoms with Gasteiger partial charge in [-0.1, -0.05) is 12.8 Å². The molecule has 2 unspecified atom stereocenters. The molecule has 3 amide bonds. The average Bonchev–Trinajstić information content (AvgIpc) is 3.26. The van der Waals surface area contributed by atoms with Crippen molar-refractivity contribution in [2.24, 2.45) is 11.8 Å². The highest BCUT2D eigenvalue weighted by Gasteiger charge is 2.48. The van der Waals surface area contributed by atoms with Crippen molar-refractivity contribution in [3.63, 3.8) is 0 Å². The molecule has 1 aliphatic heterocycles. The third kappa shape index (κ3) is 5.09. The van der Waals surface area contributed by atoms with Crippen molar-refractivity contribution in [1.29, 1.82) is 0 Å². The van der Waals surface area contributed by atoms with E-state index in [-0.39, 0.29) is 35.3 Å². The summed E-state index contributed by atoms with van der Waals surface area (Å²) in [5, 5.41) is 2.69. The highest BCUT2D eigenvalue weighted by atomic mass is 32.1. The van der Waals surface area contributed by atoms with Crippen molar-refractivity contribution in [2.75, 3.05) is 19.7 Å². The largest absolute Gasteiger partial charge is 0.456 e. The number of thiophene rings is 1. The van der Waals surface area contributed by atoms with E-state index in [0.29, 0.717) is 30.7 Å². The summed E-state index contributed by atoms with van der Waals surface area (Å²) >= 11 is 1.28. The van der Waals surface area contributed by atoms with E-state index < -0.39 is 19.1 Å². The van der Waals surface area contributed by atoms with Crippen LogP contribution in [0.4, 0.5) is 0 Å². The number of rotatable bonds is 8. The van der Waals surface area contributed by atoms with Crippen LogP contribution in [0.3, 0.4) is 0 Å². The summed E-state index contributed by atoms with van der Waals surface area (Å²) in [6.07, 6.45) is 3.81. The monoisotopic (exact) mass is 420 g/mol. The van der Waals surface area contributed by atoms with E-state index in [9.17, 15) is 24.0 Å². The van der Waals surface area contributed by atoms with Crippen LogP contribution in [0, 0.1) is 11.8 Å². The lowest BCUT2D eigenvalue weighted by Crippen LogP contribution is -2.37. The number of fused-ring (bicyclic) bond motifs is 1. The molecule has 0 aromatic carbocycles. The fourth-order valence-electron chi connectivity index (χ4n) is 3.80. The molecule has 2 aliphatic rings. The maximum Gasteiger partial charge on any atom is 0.326 e. The number of ketones is 1. The zero-order valence-electron chi connectivity index (χ0n) is 16.3. The van der Waals surface area contributed by atoms with E-state index in [1.165, 1.54) is 18.3 Å². The Balaban J connectivity index is 1.46. The first kappa shape index (κ1) is 21.2. The number of carbonyl (C=O) groups is 5. The number of Topliss-reactive ketones (excluding diaryl/α,β-unsaturated/α-hetero) is 1. The minimum absolute atomic E-state index is 0.112. The zero-order chi connectivity index (χ0) is 21.0. The summed E-state index contributed by atoms with van der Waals surface area (Å²) in [5.41, 5.74) is 0. The molecule has 3 rings (SSSR count). The van der Waals surface area contributed by atoms with Gasteiger partial charge in [-0.3, -0.25) is 28.9 Å². The lowest BCUT2D eigenvalue weighted by atomic mass is 9.81. The molecule has 1 N–H and O–H groups in total. The predicted molar refractivity (Wildman–Crippen MR) is 104 cm³/mol. The molecule has 1 aliphatic carbocycles. The average molecular weight is 420 g/mol. The molecular weight excluding hydrogens is 396 g/mol. The van der Waals surface area contributed by atoms with Gasteiger partial charge in [0.05, 0.1) is 16.7 Å². The normalized spacial score (nSPS) is 21.1. The van der Waals surface area contributed by atoms with Crippen LogP contribution >= 0.6 is 11.3 Å². The van der Waals surface area contributed by atoms with Crippen molar-refractivity contribution in [2.45, 2.75) is 39.0 Å². The Morgan fingerprint density at radius 3 is 2.41 bits per heavy atom. The second-order valence-corrected chi connectivity index (χ2v) is 8.51. The van der Waals surface area contributed by atoms with Crippen molar-refractivity contribution >= 4 is 40.8 Å². The number of hydrogen-bond acceptors (Lipinski definition) is 7. The Morgan fingerprint density at radius 1 is 1.14 bits per heavy atom. The van der Waals surface area contributed by atoms with Crippen LogP contribution in [-0.4, -0.2) is 54.1 Å². The van der Waals surface area contributed by atoms with Gasteiger partial charge in [-0.15, -0.1) is 11.3 Å². The molecule has 156 valence electrons. The van der Waals surface area contributed by atoms with E-state index in [0.717, 1.165) is 22.6 Å². The van der Waals surface area contributed by atoms with Crippen LogP contribution in [0.15, 0.2) is 12.1 Å². The lowest BCUT2D eigenvalue weighted by Gasteiger charge is -2.19. The number of carbonyl (C=O) groups excluding carboxylic acids is 5. The maximum absolute atomic E-state index is 12.4. The molecule has 0 radical (unpaired) electrons. The van der Waals surface area contributed by atoms with Gasteiger partial charge in [-0.05, 0) is 31.4 Å². The van der Waals surface area contributed by atoms with Gasteiger partial charge in [-0.2, -0.15) is 0 Å². The molecule has 1 aromatic rings. The van der Waals surface area contributed by atoms with Gasteiger partial charge in [0.1, 0.15) is 6.54 Å². The number of ether oxygens (including phenoxy) is 1. The summed E-state index contributed by atoms with van der Waals surface area (Å²) in [4.78, 5) is 62.3. The molecule has 2 fully saturated rings. The summed E-state index contributed by atoms with van der Waals surface area (Å²) in [6.45, 7) is 1.05. The van der Waals surface area contributed by atoms with Gasteiger partial charge in [0.2, 0.25) is 23.5 Å². The number of likely N-dealkylation sites (tertiary alicyclic amines) is 1. The lowest BCUT2D eigenvalue weighted by molar-refractivity contribution is -0.152. The molecule has 9 heteroatoms. The summed E-state index contributed by atoms with van der Waals surface area (Å²) in [5.74, 6) is -2.45. The first-order valence-electron chi connectivity index (χ1n) is 9.74. The summed E-state index contributed by atoms with van der Waals surface area (Å²) < 4.78 is 5.01. The van der Waals surface area contributed by atoms with Crippen LogP contribution in [0.25, 0.3) is 0 Å². The molecule has 8 nitrogen and oxygen atoms in total. The summed E-state index contributed by atoms with van der Waals surface area (Å²) in [7, 11) is 0. The minimum Gasteiger partial charge on any atom is -0.456 e. The third-order valence-electron chi connectivity index (χ3n) is 5.27. The van der Waals surface area contributed by atoms with Crippen LogP contribution in [-0.2, 0) is 30.3 Å². The van der Waals surface area contributed by atoms with Gasteiger partial charge in [-0.25, -0.2) is 0 Å². The van der Waals surface area contributed by atoms with Crippen molar-refractivity contribution in [3.05, 3.63) is 21.9 Å². The van der Waals surface area contributed by atoms with Crippen LogP contribution < -0.4 is 5.32 Å². The smallest absolute Gasteiger partial charge is 0.326 e. The second kappa shape index (κ2) is 9.30. The number of amides is 3. The highest BCUT2D eigenvalue weighted by Crippen LogP contribution is 2.37. The SMILES string of the molecule is CC(=O)NCCc1ccc(C(=O)COC(=O)CN2C(=O)C3CCCCC3C2=O)s1. The van der Waals surface area contributed by atoms with E-state index >= 15 is 0 Å². The van der Waals surface area contributed by atoms with E-state index in [2.05, 4.69) is 5.32 Å². The van der Waals surface area contributed by atoms with Crippen LogP contribution in [0.2, 0.25) is 0 Å². The fraction of sp³-hybridized carbons (Fsp3) is 0.550. The predicted octanol–water partition coefficient (Wildman–Crippen LogP) is 1.33. The topological polar surface area (TPSA) is 110 Å². The molecule has 0 bridgehead atoms. The molecule has 1 saturated carbocycles. The van der Waals surface area contributed by atoms with E-state index in [4.69, 9.17) is 4.74 Å². The minimum atomic E-state index is -0.763. The Kier molecular flexibility index (Phi) is 6.79. The number of nitrogens with one attached hydrogen (secondary N) is 1. The second-order valence-electron chi connectivity index (χ2n) is 7.34. The van der Waals surface area contributed by atoms with Gasteiger partial charge in [0.25, 0.3) is 0 Å². The molecule has 29 heavy (non-hydrogen) atoms. The molecular formula is C20H24N2O6S. The number of hydrogen-bond donors (Lipinski definition) is 1. The van der Waals surface area contributed by atoms with Crippen molar-refractivity contribution in [1.82, 2.24) is 10.2 Å². The van der Waals surface area contributed by atoms with Crippen molar-refractivity contribution < 1.29 is 28.7 Å². The standard InChI is InChI=1S/C20H24N2O6S/c1-12(23)21-9-8-13-6-7-17(29-13)16(24)11-28-18(25)10-22-19(26)14-4-2-3-5-15(14)20(22)27/h6-7,14-15H,2-5,8-11H2,1H3,(H,21,23).